The zero-order valence-electron chi connectivity index (χ0n) is 8.92. The topological polar surface area (TPSA) is 12.0 Å². The van der Waals surface area contributed by atoms with Crippen molar-refractivity contribution < 1.29 is 0 Å². The molecule has 0 aliphatic carbocycles. The van der Waals surface area contributed by atoms with Crippen LogP contribution < -0.4 is 5.32 Å². The summed E-state index contributed by atoms with van der Waals surface area (Å²) in [7, 11) is 0. The van der Waals surface area contributed by atoms with E-state index in [0.717, 1.165) is 30.5 Å². The molecular formula is C12H16ClNS. The lowest BCUT2D eigenvalue weighted by molar-refractivity contribution is 0.575. The van der Waals surface area contributed by atoms with Gasteiger partial charge in [-0.05, 0) is 55.8 Å². The van der Waals surface area contributed by atoms with Crippen LogP contribution in [-0.2, 0) is 6.42 Å². The lowest BCUT2D eigenvalue weighted by atomic mass is 9.99. The molecule has 1 aromatic carbocycles. The zero-order chi connectivity index (χ0) is 10.7. The lowest BCUT2D eigenvalue weighted by Gasteiger charge is -2.13. The van der Waals surface area contributed by atoms with Gasteiger partial charge in [-0.3, -0.25) is 0 Å². The Morgan fingerprint density at radius 1 is 1.53 bits per heavy atom. The second-order valence-corrected chi connectivity index (χ2v) is 5.24. The SMILES string of the molecule is CSc1cccc(Cl)c1CC1CCNC1. The smallest absolute Gasteiger partial charge is 0.0449 e. The monoisotopic (exact) mass is 241 g/mol. The van der Waals surface area contributed by atoms with E-state index in [1.807, 2.05) is 12.1 Å². The maximum atomic E-state index is 6.25. The Kier molecular flexibility index (Phi) is 3.95. The highest BCUT2D eigenvalue weighted by Crippen LogP contribution is 2.30. The molecule has 0 spiro atoms. The van der Waals surface area contributed by atoms with Gasteiger partial charge >= 0.3 is 0 Å². The Labute approximate surface area is 101 Å². The molecule has 1 N–H and O–H groups in total. The van der Waals surface area contributed by atoms with E-state index in [0.29, 0.717) is 0 Å². The average molecular weight is 242 g/mol. The van der Waals surface area contributed by atoms with Crippen LogP contribution in [0, 0.1) is 5.92 Å². The molecule has 1 aromatic rings. The predicted molar refractivity (Wildman–Crippen MR) is 67.9 cm³/mol. The van der Waals surface area contributed by atoms with Crippen molar-refractivity contribution >= 4 is 23.4 Å². The molecular weight excluding hydrogens is 226 g/mol. The van der Waals surface area contributed by atoms with E-state index in [1.54, 1.807) is 11.8 Å². The van der Waals surface area contributed by atoms with Gasteiger partial charge in [0.1, 0.15) is 0 Å². The highest BCUT2D eigenvalue weighted by molar-refractivity contribution is 7.98. The summed E-state index contributed by atoms with van der Waals surface area (Å²) >= 11 is 8.04. The highest BCUT2D eigenvalue weighted by atomic mass is 35.5. The largest absolute Gasteiger partial charge is 0.316 e. The second kappa shape index (κ2) is 5.24. The van der Waals surface area contributed by atoms with Gasteiger partial charge in [-0.15, -0.1) is 11.8 Å². The number of hydrogen-bond acceptors (Lipinski definition) is 2. The quantitative estimate of drug-likeness (QED) is 0.816. The first kappa shape index (κ1) is 11.3. The summed E-state index contributed by atoms with van der Waals surface area (Å²) in [5, 5.41) is 4.32. The van der Waals surface area contributed by atoms with Crippen molar-refractivity contribution in [1.29, 1.82) is 0 Å². The van der Waals surface area contributed by atoms with Crippen molar-refractivity contribution in [3.05, 3.63) is 28.8 Å². The molecule has 3 heteroatoms. The van der Waals surface area contributed by atoms with Crippen molar-refractivity contribution in [2.45, 2.75) is 17.7 Å². The van der Waals surface area contributed by atoms with Crippen LogP contribution in [0.15, 0.2) is 23.1 Å². The van der Waals surface area contributed by atoms with Gasteiger partial charge in [-0.25, -0.2) is 0 Å². The minimum Gasteiger partial charge on any atom is -0.316 e. The standard InChI is InChI=1S/C12H16ClNS/c1-15-12-4-2-3-11(13)10(12)7-9-5-6-14-8-9/h2-4,9,14H,5-8H2,1H3. The first-order valence-electron chi connectivity index (χ1n) is 5.33. The van der Waals surface area contributed by atoms with Crippen LogP contribution >= 0.6 is 23.4 Å². The molecule has 1 unspecified atom stereocenters. The molecule has 0 radical (unpaired) electrons. The van der Waals surface area contributed by atoms with E-state index in [9.17, 15) is 0 Å². The van der Waals surface area contributed by atoms with E-state index < -0.39 is 0 Å². The van der Waals surface area contributed by atoms with Crippen LogP contribution in [0.1, 0.15) is 12.0 Å². The Morgan fingerprint density at radius 2 is 2.40 bits per heavy atom. The van der Waals surface area contributed by atoms with E-state index in [2.05, 4.69) is 17.6 Å². The Morgan fingerprint density at radius 3 is 3.07 bits per heavy atom. The van der Waals surface area contributed by atoms with Crippen LogP contribution in [0.5, 0.6) is 0 Å². The molecule has 0 amide bonds. The van der Waals surface area contributed by atoms with Gasteiger partial charge in [0.15, 0.2) is 0 Å². The number of nitrogens with one attached hydrogen (secondary N) is 1. The number of hydrogen-bond donors (Lipinski definition) is 1. The minimum absolute atomic E-state index is 0.760. The molecule has 1 aliphatic rings. The van der Waals surface area contributed by atoms with E-state index >= 15 is 0 Å². The summed E-state index contributed by atoms with van der Waals surface area (Å²) < 4.78 is 0. The van der Waals surface area contributed by atoms with Gasteiger partial charge in [0, 0.05) is 9.92 Å². The molecule has 15 heavy (non-hydrogen) atoms. The minimum atomic E-state index is 0.760. The van der Waals surface area contributed by atoms with Crippen LogP contribution in [0.2, 0.25) is 5.02 Å². The summed E-state index contributed by atoms with van der Waals surface area (Å²) in [6.45, 7) is 2.29. The normalized spacial score (nSPS) is 20.8. The molecule has 1 heterocycles. The summed E-state index contributed by atoms with van der Waals surface area (Å²) in [5.74, 6) is 0.760. The molecule has 1 fully saturated rings. The second-order valence-electron chi connectivity index (χ2n) is 3.98. The Hall–Kier alpha value is -0.180. The third-order valence-electron chi connectivity index (χ3n) is 2.95. The molecule has 0 saturated carbocycles. The molecule has 0 aromatic heterocycles. The maximum absolute atomic E-state index is 6.25. The molecule has 2 rings (SSSR count). The van der Waals surface area contributed by atoms with E-state index in [1.165, 1.54) is 16.9 Å². The van der Waals surface area contributed by atoms with Gasteiger partial charge in [0.25, 0.3) is 0 Å². The zero-order valence-corrected chi connectivity index (χ0v) is 10.5. The average Bonchev–Trinajstić information content (AvgIpc) is 2.74. The molecule has 82 valence electrons. The summed E-state index contributed by atoms with van der Waals surface area (Å²) in [5.41, 5.74) is 1.33. The van der Waals surface area contributed by atoms with Crippen molar-refractivity contribution in [2.75, 3.05) is 19.3 Å². The van der Waals surface area contributed by atoms with Crippen molar-refractivity contribution in [1.82, 2.24) is 5.32 Å². The van der Waals surface area contributed by atoms with E-state index in [4.69, 9.17) is 11.6 Å². The van der Waals surface area contributed by atoms with Crippen molar-refractivity contribution in [3.63, 3.8) is 0 Å². The predicted octanol–water partition coefficient (Wildman–Crippen LogP) is 3.21. The first-order chi connectivity index (χ1) is 7.31. The van der Waals surface area contributed by atoms with Crippen molar-refractivity contribution in [2.24, 2.45) is 5.92 Å². The first-order valence-corrected chi connectivity index (χ1v) is 6.93. The molecule has 1 aliphatic heterocycles. The fraction of sp³-hybridized carbons (Fsp3) is 0.500. The van der Waals surface area contributed by atoms with Gasteiger partial charge in [-0.2, -0.15) is 0 Å². The molecule has 1 saturated heterocycles. The molecule has 0 bridgehead atoms. The van der Waals surface area contributed by atoms with E-state index in [-0.39, 0.29) is 0 Å². The fourth-order valence-corrected chi connectivity index (χ4v) is 3.07. The number of benzene rings is 1. The lowest BCUT2D eigenvalue weighted by Crippen LogP contribution is -2.11. The number of thioether (sulfide) groups is 1. The number of rotatable bonds is 3. The van der Waals surface area contributed by atoms with Crippen LogP contribution in [0.3, 0.4) is 0 Å². The molecule has 1 nitrogen and oxygen atoms in total. The van der Waals surface area contributed by atoms with Gasteiger partial charge < -0.3 is 5.32 Å². The van der Waals surface area contributed by atoms with Gasteiger partial charge in [0.05, 0.1) is 0 Å². The summed E-state index contributed by atoms with van der Waals surface area (Å²) in [6, 6.07) is 6.19. The highest BCUT2D eigenvalue weighted by Gasteiger charge is 2.17. The summed E-state index contributed by atoms with van der Waals surface area (Å²) in [6.07, 6.45) is 4.50. The Bertz CT molecular complexity index is 334. The maximum Gasteiger partial charge on any atom is 0.0449 e. The molecule has 1 atom stereocenters. The summed E-state index contributed by atoms with van der Waals surface area (Å²) in [4.78, 5) is 1.33. The number of halogens is 1. The van der Waals surface area contributed by atoms with Gasteiger partial charge in [-0.1, -0.05) is 17.7 Å². The Balaban J connectivity index is 2.17. The van der Waals surface area contributed by atoms with Gasteiger partial charge in [0.2, 0.25) is 0 Å². The van der Waals surface area contributed by atoms with Crippen molar-refractivity contribution in [3.8, 4) is 0 Å². The van der Waals surface area contributed by atoms with Crippen LogP contribution in [0.25, 0.3) is 0 Å². The van der Waals surface area contributed by atoms with Crippen LogP contribution in [0.4, 0.5) is 0 Å². The fourth-order valence-electron chi connectivity index (χ4n) is 2.11. The van der Waals surface area contributed by atoms with Crippen LogP contribution in [-0.4, -0.2) is 19.3 Å². The third kappa shape index (κ3) is 2.68. The third-order valence-corrected chi connectivity index (χ3v) is 4.13.